The lowest BCUT2D eigenvalue weighted by molar-refractivity contribution is 0.0593. The number of rotatable bonds is 6. The number of hydrogen-bond donors (Lipinski definition) is 1. The molecule has 2 aromatic carbocycles. The van der Waals surface area contributed by atoms with Gasteiger partial charge in [0.05, 0.1) is 12.7 Å². The fourth-order valence-electron chi connectivity index (χ4n) is 2.17. The molecule has 0 saturated carbocycles. The lowest BCUT2D eigenvalue weighted by Crippen LogP contribution is -2.12. The normalized spacial score (nSPS) is 10.1. The molecule has 0 aliphatic carbocycles. The van der Waals surface area contributed by atoms with Crippen molar-refractivity contribution in [2.75, 3.05) is 7.11 Å². The van der Waals surface area contributed by atoms with Gasteiger partial charge in [-0.05, 0) is 24.6 Å². The standard InChI is InChI=1S/C18H16O6/c1-11(19)13-8-15(18(22)23-2)16(9-14(13)17(20)21)24-10-12-6-4-3-5-7-12/h3-9H,10H2,1-2H3,(H,20,21). The van der Waals surface area contributed by atoms with Crippen LogP contribution in [0.1, 0.15) is 43.6 Å². The molecule has 6 nitrogen and oxygen atoms in total. The molecule has 124 valence electrons. The fraction of sp³-hybridized carbons (Fsp3) is 0.167. The summed E-state index contributed by atoms with van der Waals surface area (Å²) < 4.78 is 10.3. The van der Waals surface area contributed by atoms with Crippen LogP contribution in [0.5, 0.6) is 5.75 Å². The number of carbonyl (C=O) groups is 3. The number of carbonyl (C=O) groups excluding carboxylic acids is 2. The van der Waals surface area contributed by atoms with Gasteiger partial charge in [0.2, 0.25) is 0 Å². The zero-order valence-electron chi connectivity index (χ0n) is 13.2. The van der Waals surface area contributed by atoms with Gasteiger partial charge < -0.3 is 14.6 Å². The van der Waals surface area contributed by atoms with Crippen LogP contribution in [0.25, 0.3) is 0 Å². The van der Waals surface area contributed by atoms with Crippen LogP contribution in [0.4, 0.5) is 0 Å². The van der Waals surface area contributed by atoms with Gasteiger partial charge in [0.1, 0.15) is 17.9 Å². The molecule has 24 heavy (non-hydrogen) atoms. The molecule has 6 heteroatoms. The van der Waals surface area contributed by atoms with Crippen LogP contribution >= 0.6 is 0 Å². The number of aromatic carboxylic acids is 1. The van der Waals surface area contributed by atoms with Gasteiger partial charge in [-0.1, -0.05) is 30.3 Å². The van der Waals surface area contributed by atoms with E-state index in [1.54, 1.807) is 0 Å². The van der Waals surface area contributed by atoms with Crippen LogP contribution in [0.15, 0.2) is 42.5 Å². The second kappa shape index (κ2) is 7.41. The third-order valence-electron chi connectivity index (χ3n) is 3.37. The quantitative estimate of drug-likeness (QED) is 0.648. The molecule has 0 radical (unpaired) electrons. The van der Waals surface area contributed by atoms with Crippen molar-refractivity contribution in [1.29, 1.82) is 0 Å². The van der Waals surface area contributed by atoms with Crippen LogP contribution in [0.3, 0.4) is 0 Å². The number of hydrogen-bond acceptors (Lipinski definition) is 5. The largest absolute Gasteiger partial charge is 0.488 e. The third-order valence-corrected chi connectivity index (χ3v) is 3.37. The Hall–Kier alpha value is -3.15. The molecule has 0 aliphatic heterocycles. The average Bonchev–Trinajstić information content (AvgIpc) is 2.59. The molecule has 2 aromatic rings. The molecular weight excluding hydrogens is 312 g/mol. The number of methoxy groups -OCH3 is 1. The van der Waals surface area contributed by atoms with Crippen molar-refractivity contribution in [2.45, 2.75) is 13.5 Å². The number of ether oxygens (including phenoxy) is 2. The second-order valence-corrected chi connectivity index (χ2v) is 5.02. The lowest BCUT2D eigenvalue weighted by atomic mass is 10.00. The predicted octanol–water partition coefficient (Wildman–Crippen LogP) is 2.95. The molecule has 1 N–H and O–H groups in total. The first-order valence-corrected chi connectivity index (χ1v) is 7.11. The minimum absolute atomic E-state index is 0.00336. The summed E-state index contributed by atoms with van der Waals surface area (Å²) >= 11 is 0. The van der Waals surface area contributed by atoms with Crippen LogP contribution in [-0.4, -0.2) is 29.9 Å². The van der Waals surface area contributed by atoms with Gasteiger partial charge in [0.25, 0.3) is 0 Å². The van der Waals surface area contributed by atoms with Crippen molar-refractivity contribution >= 4 is 17.7 Å². The summed E-state index contributed by atoms with van der Waals surface area (Å²) in [7, 11) is 1.20. The van der Waals surface area contributed by atoms with Gasteiger partial charge in [0, 0.05) is 5.56 Å². The van der Waals surface area contributed by atoms with E-state index in [1.165, 1.54) is 26.2 Å². The highest BCUT2D eigenvalue weighted by Gasteiger charge is 2.22. The van der Waals surface area contributed by atoms with Crippen molar-refractivity contribution in [2.24, 2.45) is 0 Å². The van der Waals surface area contributed by atoms with Crippen LogP contribution in [0, 0.1) is 0 Å². The summed E-state index contributed by atoms with van der Waals surface area (Å²) in [4.78, 5) is 35.0. The fourth-order valence-corrected chi connectivity index (χ4v) is 2.17. The number of benzene rings is 2. The van der Waals surface area contributed by atoms with Crippen LogP contribution in [-0.2, 0) is 11.3 Å². The smallest absolute Gasteiger partial charge is 0.341 e. The summed E-state index contributed by atoms with van der Waals surface area (Å²) in [5.74, 6) is -2.40. The zero-order chi connectivity index (χ0) is 17.7. The second-order valence-electron chi connectivity index (χ2n) is 5.02. The SMILES string of the molecule is COC(=O)c1cc(C(C)=O)c(C(=O)O)cc1OCc1ccccc1. The van der Waals surface area contributed by atoms with Gasteiger partial charge in [-0.3, -0.25) is 4.79 Å². The van der Waals surface area contributed by atoms with Crippen LogP contribution in [0.2, 0.25) is 0 Å². The maximum atomic E-state index is 11.9. The van der Waals surface area contributed by atoms with Crippen molar-refractivity contribution in [3.05, 3.63) is 64.7 Å². The van der Waals surface area contributed by atoms with Crippen molar-refractivity contribution in [3.63, 3.8) is 0 Å². The topological polar surface area (TPSA) is 89.9 Å². The number of Topliss-reactive ketones (excluding diaryl/α,β-unsaturated/α-hetero) is 1. The highest BCUT2D eigenvalue weighted by atomic mass is 16.5. The van der Waals surface area contributed by atoms with E-state index in [4.69, 9.17) is 4.74 Å². The molecular formula is C18H16O6. The predicted molar refractivity (Wildman–Crippen MR) is 85.5 cm³/mol. The van der Waals surface area contributed by atoms with E-state index in [0.717, 1.165) is 5.56 Å². The van der Waals surface area contributed by atoms with E-state index in [9.17, 15) is 19.5 Å². The zero-order valence-corrected chi connectivity index (χ0v) is 13.2. The highest BCUT2D eigenvalue weighted by molar-refractivity contribution is 6.07. The number of carboxylic acid groups (broad SMARTS) is 1. The Morgan fingerprint density at radius 3 is 2.21 bits per heavy atom. The molecule has 0 saturated heterocycles. The minimum Gasteiger partial charge on any atom is -0.488 e. The molecule has 2 rings (SSSR count). The third kappa shape index (κ3) is 3.78. The summed E-state index contributed by atoms with van der Waals surface area (Å²) in [5, 5.41) is 9.29. The van der Waals surface area contributed by atoms with Gasteiger partial charge in [-0.15, -0.1) is 0 Å². The van der Waals surface area contributed by atoms with Gasteiger partial charge >= 0.3 is 11.9 Å². The first-order valence-electron chi connectivity index (χ1n) is 7.11. The molecule has 0 heterocycles. The van der Waals surface area contributed by atoms with Crippen molar-refractivity contribution < 1.29 is 29.0 Å². The lowest BCUT2D eigenvalue weighted by Gasteiger charge is -2.13. The first-order chi connectivity index (χ1) is 11.4. The number of ketones is 1. The maximum Gasteiger partial charge on any atom is 0.341 e. The Kier molecular flexibility index (Phi) is 5.31. The Labute approximate surface area is 138 Å². The molecule has 0 aliphatic rings. The van der Waals surface area contributed by atoms with E-state index in [-0.39, 0.29) is 29.0 Å². The molecule has 0 unspecified atom stereocenters. The molecule has 0 aromatic heterocycles. The maximum absolute atomic E-state index is 11.9. The van der Waals surface area contributed by atoms with E-state index >= 15 is 0 Å². The monoisotopic (exact) mass is 328 g/mol. The molecule has 0 amide bonds. The summed E-state index contributed by atoms with van der Waals surface area (Å²) in [6, 6.07) is 11.6. The van der Waals surface area contributed by atoms with Crippen molar-refractivity contribution in [1.82, 2.24) is 0 Å². The highest BCUT2D eigenvalue weighted by Crippen LogP contribution is 2.26. The minimum atomic E-state index is -1.28. The van der Waals surface area contributed by atoms with E-state index in [1.807, 2.05) is 30.3 Å². The van der Waals surface area contributed by atoms with E-state index in [0.29, 0.717) is 0 Å². The van der Waals surface area contributed by atoms with E-state index in [2.05, 4.69) is 4.74 Å². The van der Waals surface area contributed by atoms with Gasteiger partial charge in [0.15, 0.2) is 5.78 Å². The number of carboxylic acids is 1. The van der Waals surface area contributed by atoms with Crippen molar-refractivity contribution in [3.8, 4) is 5.75 Å². The van der Waals surface area contributed by atoms with Gasteiger partial charge in [-0.2, -0.15) is 0 Å². The molecule has 0 bridgehead atoms. The Morgan fingerprint density at radius 1 is 1.00 bits per heavy atom. The van der Waals surface area contributed by atoms with E-state index < -0.39 is 17.7 Å². The Balaban J connectivity index is 2.46. The molecule has 0 atom stereocenters. The summed E-state index contributed by atoms with van der Waals surface area (Å²) in [6.07, 6.45) is 0. The average molecular weight is 328 g/mol. The Bertz CT molecular complexity index is 780. The first kappa shape index (κ1) is 17.2. The molecule has 0 fully saturated rings. The summed E-state index contributed by atoms with van der Waals surface area (Å²) in [6.45, 7) is 1.37. The van der Waals surface area contributed by atoms with Crippen LogP contribution < -0.4 is 4.74 Å². The Morgan fingerprint density at radius 2 is 1.67 bits per heavy atom. The van der Waals surface area contributed by atoms with Gasteiger partial charge in [-0.25, -0.2) is 9.59 Å². The number of esters is 1. The summed E-state index contributed by atoms with van der Waals surface area (Å²) in [5.41, 5.74) is 0.553. The molecule has 0 spiro atoms.